The van der Waals surface area contributed by atoms with Crippen molar-refractivity contribution in [1.82, 2.24) is 0 Å². The zero-order valence-corrected chi connectivity index (χ0v) is 30.6. The molecule has 0 saturated carbocycles. The minimum atomic E-state index is -2.15. The molecule has 6 rings (SSSR count). The number of benzene rings is 6. The molecular formula is C46H52P2. The molecule has 0 unspecified atom stereocenters. The van der Waals surface area contributed by atoms with Crippen molar-refractivity contribution in [1.29, 1.82) is 0 Å². The molecule has 0 aliphatic carbocycles. The Morgan fingerprint density at radius 1 is 0.292 bits per heavy atom. The molecule has 0 heterocycles. The van der Waals surface area contributed by atoms with E-state index < -0.39 is 14.5 Å². The molecule has 0 spiro atoms. The van der Waals surface area contributed by atoms with Gasteiger partial charge in [-0.2, -0.15) is 0 Å². The van der Waals surface area contributed by atoms with E-state index in [4.69, 9.17) is 0 Å². The quantitative estimate of drug-likeness (QED) is 0.0713. The Morgan fingerprint density at radius 2 is 0.562 bits per heavy atom. The second-order valence-electron chi connectivity index (χ2n) is 13.5. The third-order valence-electron chi connectivity index (χ3n) is 10.4. The van der Waals surface area contributed by atoms with Crippen LogP contribution in [0.3, 0.4) is 0 Å². The molecule has 6 aromatic rings. The summed E-state index contributed by atoms with van der Waals surface area (Å²) in [4.78, 5) is 0. The van der Waals surface area contributed by atoms with E-state index in [1.165, 1.54) is 89.4 Å². The molecule has 0 amide bonds. The van der Waals surface area contributed by atoms with Crippen LogP contribution < -0.4 is 31.8 Å². The van der Waals surface area contributed by atoms with Gasteiger partial charge in [-0.3, -0.25) is 0 Å². The Hall–Kier alpha value is -3.82. The zero-order valence-electron chi connectivity index (χ0n) is 28.6. The number of rotatable bonds is 16. The fourth-order valence-corrected chi connectivity index (χ4v) is 18.0. The van der Waals surface area contributed by atoms with Gasteiger partial charge < -0.3 is 0 Å². The van der Waals surface area contributed by atoms with Gasteiger partial charge in [0, 0.05) is 0 Å². The second kappa shape index (κ2) is 17.0. The summed E-state index contributed by atoms with van der Waals surface area (Å²) in [6.07, 6.45) is 11.6. The molecule has 0 nitrogen and oxygen atoms in total. The minimum absolute atomic E-state index is 1.25. The first-order valence-corrected chi connectivity index (χ1v) is 22.5. The van der Waals surface area contributed by atoms with Crippen molar-refractivity contribution >= 4 is 46.4 Å². The first kappa shape index (κ1) is 34.1. The first-order valence-electron chi connectivity index (χ1n) is 18.1. The molecule has 6 aromatic carbocycles. The van der Waals surface area contributed by atoms with Gasteiger partial charge in [0.2, 0.25) is 0 Å². The van der Waals surface area contributed by atoms with Crippen LogP contribution in [0.15, 0.2) is 176 Å². The van der Waals surface area contributed by atoms with Gasteiger partial charge >= 0.3 is 292 Å². The van der Waals surface area contributed by atoms with Gasteiger partial charge in [-0.05, 0) is 0 Å². The number of unbranched alkanes of at least 4 members (excludes halogenated alkanes) is 6. The topological polar surface area (TPSA) is 0 Å². The van der Waals surface area contributed by atoms with E-state index in [1.54, 1.807) is 5.30 Å². The molecule has 0 saturated heterocycles. The van der Waals surface area contributed by atoms with Crippen LogP contribution in [0.2, 0.25) is 0 Å². The standard InChI is InChI=1S/C46H52P2/c1-40-25-24-36-46(39-40)48(44-32-18-10-19-33-44,45-34-20-11-21-35-45)38-23-6-4-2-3-5-22-37-47(41-26-12-7-13-27-41,42-28-14-8-15-29-42)43-30-16-9-17-31-43/h7-21,24-36,39,47-48H,2-6,22-23,37-38H2,1H3. The van der Waals surface area contributed by atoms with E-state index >= 15 is 0 Å². The van der Waals surface area contributed by atoms with Crippen LogP contribution >= 0.6 is 14.5 Å². The molecule has 0 bridgehead atoms. The van der Waals surface area contributed by atoms with Gasteiger partial charge in [0.1, 0.15) is 0 Å². The summed E-state index contributed by atoms with van der Waals surface area (Å²) in [6.45, 7) is 2.24. The van der Waals surface area contributed by atoms with E-state index in [0.29, 0.717) is 0 Å². The molecule has 2 heteroatoms. The summed E-state index contributed by atoms with van der Waals surface area (Å²) in [7, 11) is -4.27. The molecule has 0 aliphatic heterocycles. The van der Waals surface area contributed by atoms with Crippen molar-refractivity contribution in [3.63, 3.8) is 0 Å². The monoisotopic (exact) mass is 666 g/mol. The Balaban J connectivity index is 1.11. The Labute approximate surface area is 291 Å². The summed E-state index contributed by atoms with van der Waals surface area (Å²) in [6, 6.07) is 66.4. The molecule has 246 valence electrons. The van der Waals surface area contributed by atoms with Crippen LogP contribution in [0.4, 0.5) is 0 Å². The summed E-state index contributed by atoms with van der Waals surface area (Å²) in [5, 5.41) is 9.19. The van der Waals surface area contributed by atoms with E-state index in [2.05, 4.69) is 183 Å². The molecular weight excluding hydrogens is 614 g/mol. The van der Waals surface area contributed by atoms with Gasteiger partial charge in [0.15, 0.2) is 0 Å². The van der Waals surface area contributed by atoms with E-state index in [-0.39, 0.29) is 0 Å². The fraction of sp³-hybridized carbons (Fsp3) is 0.217. The van der Waals surface area contributed by atoms with Crippen LogP contribution in [0, 0.1) is 6.92 Å². The summed E-state index contributed by atoms with van der Waals surface area (Å²) < 4.78 is 0. The van der Waals surface area contributed by atoms with Crippen LogP contribution in [0.25, 0.3) is 0 Å². The number of hydrogen-bond donors (Lipinski definition) is 0. The van der Waals surface area contributed by atoms with E-state index in [0.717, 1.165) is 0 Å². The maximum absolute atomic E-state index is 2.47. The van der Waals surface area contributed by atoms with E-state index in [9.17, 15) is 0 Å². The summed E-state index contributed by atoms with van der Waals surface area (Å²) in [5.41, 5.74) is 1.36. The van der Waals surface area contributed by atoms with Crippen LogP contribution in [0.1, 0.15) is 50.5 Å². The van der Waals surface area contributed by atoms with Gasteiger partial charge in [-0.1, -0.05) is 0 Å². The van der Waals surface area contributed by atoms with E-state index in [1.807, 2.05) is 0 Å². The molecule has 0 fully saturated rings. The average Bonchev–Trinajstić information content (AvgIpc) is 3.16. The number of hydrogen-bond acceptors (Lipinski definition) is 0. The van der Waals surface area contributed by atoms with Crippen molar-refractivity contribution in [2.75, 3.05) is 12.3 Å². The molecule has 0 N–H and O–H groups in total. The van der Waals surface area contributed by atoms with Gasteiger partial charge in [0.05, 0.1) is 0 Å². The second-order valence-corrected chi connectivity index (χ2v) is 21.6. The van der Waals surface area contributed by atoms with Crippen molar-refractivity contribution in [3.05, 3.63) is 181 Å². The predicted octanol–water partition coefficient (Wildman–Crippen LogP) is 9.48. The van der Waals surface area contributed by atoms with Gasteiger partial charge in [0.25, 0.3) is 0 Å². The van der Waals surface area contributed by atoms with Gasteiger partial charge in [-0.15, -0.1) is 0 Å². The SMILES string of the molecule is Cc1cccc([PH](CCCCCCCCC[PH](c2ccccc2)(c2ccccc2)c2ccccc2)(c2ccccc2)c2ccccc2)c1. The van der Waals surface area contributed by atoms with Crippen molar-refractivity contribution in [2.45, 2.75) is 51.9 Å². The molecule has 0 radical (unpaired) electrons. The van der Waals surface area contributed by atoms with Crippen molar-refractivity contribution < 1.29 is 0 Å². The van der Waals surface area contributed by atoms with Crippen molar-refractivity contribution in [3.8, 4) is 0 Å². The average molecular weight is 667 g/mol. The Bertz CT molecular complexity index is 1650. The fourth-order valence-electron chi connectivity index (χ4n) is 8.05. The molecule has 0 aliphatic rings. The number of aryl methyl sites for hydroxylation is 1. The molecule has 48 heavy (non-hydrogen) atoms. The van der Waals surface area contributed by atoms with Crippen LogP contribution in [-0.4, -0.2) is 12.3 Å². The summed E-state index contributed by atoms with van der Waals surface area (Å²) in [5.74, 6) is 0. The van der Waals surface area contributed by atoms with Crippen LogP contribution in [-0.2, 0) is 0 Å². The third-order valence-corrected chi connectivity index (χ3v) is 20.5. The Morgan fingerprint density at radius 3 is 0.875 bits per heavy atom. The zero-order chi connectivity index (χ0) is 32.9. The van der Waals surface area contributed by atoms with Crippen molar-refractivity contribution in [2.24, 2.45) is 0 Å². The third kappa shape index (κ3) is 7.73. The van der Waals surface area contributed by atoms with Gasteiger partial charge in [-0.25, -0.2) is 0 Å². The molecule has 0 aromatic heterocycles. The summed E-state index contributed by atoms with van der Waals surface area (Å²) >= 11 is 0. The van der Waals surface area contributed by atoms with Crippen LogP contribution in [0.5, 0.6) is 0 Å². The normalized spacial score (nSPS) is 12.4. The molecule has 0 atom stereocenters. The predicted molar refractivity (Wildman–Crippen MR) is 220 cm³/mol. The maximum atomic E-state index is 2.47. The Kier molecular flexibility index (Phi) is 12.1. The first-order chi connectivity index (χ1) is 23.7.